The van der Waals surface area contributed by atoms with Gasteiger partial charge in [-0.25, -0.2) is 18.0 Å². The van der Waals surface area contributed by atoms with Crippen LogP contribution in [0.25, 0.3) is 10.6 Å². The number of ether oxygens (including phenoxy) is 1. The molecule has 4 heterocycles. The molecule has 2 fully saturated rings. The standard InChI is InChI=1S/C20H18F3N5O4S/c1-7-6-28-14-9(3-10(12(22)13(14)23)16-27-26-11(5-21)33-16)4-20(15(28)8(2)32-7)17(29)24-19(31)25-18(20)30/h3,7-8,15H,4-6H2,1-2H3,(H2,24,25,29,30,31)/t7-,8+,15?/m0/s1. The number of carbonyl (C=O) groups excluding carboxylic acids is 3. The summed E-state index contributed by atoms with van der Waals surface area (Å²) in [5.74, 6) is -4.05. The predicted octanol–water partition coefficient (Wildman–Crippen LogP) is 1.84. The normalized spacial score (nSPS) is 26.0. The van der Waals surface area contributed by atoms with Crippen LogP contribution >= 0.6 is 11.3 Å². The maximum atomic E-state index is 15.5. The van der Waals surface area contributed by atoms with E-state index in [9.17, 15) is 18.8 Å². The summed E-state index contributed by atoms with van der Waals surface area (Å²) >= 11 is 0.771. The fourth-order valence-electron chi connectivity index (χ4n) is 5.11. The molecule has 2 aromatic rings. The molecule has 0 radical (unpaired) electrons. The fraction of sp³-hybridized carbons (Fsp3) is 0.450. The minimum Gasteiger partial charge on any atom is -0.372 e. The van der Waals surface area contributed by atoms with Crippen LogP contribution in [0.2, 0.25) is 0 Å². The average Bonchev–Trinajstić information content (AvgIpc) is 3.22. The second kappa shape index (κ2) is 7.48. The minimum absolute atomic E-state index is 0.000518. The molecule has 5 rings (SSSR count). The van der Waals surface area contributed by atoms with Crippen molar-refractivity contribution in [1.82, 2.24) is 20.8 Å². The van der Waals surface area contributed by atoms with E-state index in [2.05, 4.69) is 20.8 Å². The summed E-state index contributed by atoms with van der Waals surface area (Å²) in [6, 6.07) is -0.645. The summed E-state index contributed by atoms with van der Waals surface area (Å²) in [5, 5.41) is 11.6. The van der Waals surface area contributed by atoms with Gasteiger partial charge in [-0.1, -0.05) is 11.3 Å². The molecular formula is C20H18F3N5O4S. The van der Waals surface area contributed by atoms with E-state index in [1.54, 1.807) is 13.8 Å². The minimum atomic E-state index is -1.83. The van der Waals surface area contributed by atoms with E-state index in [1.807, 2.05) is 0 Å². The van der Waals surface area contributed by atoms with Crippen LogP contribution in [-0.2, 0) is 27.4 Å². The SMILES string of the molecule is C[C@H]1CN2c3c(cc(-c4nnc(CF)s4)c(F)c3F)CC3(C(=O)NC(=O)NC3=O)C2[C@@H](C)O1. The van der Waals surface area contributed by atoms with Crippen LogP contribution in [0.1, 0.15) is 24.4 Å². The van der Waals surface area contributed by atoms with E-state index in [0.717, 1.165) is 11.3 Å². The molecule has 2 saturated heterocycles. The van der Waals surface area contributed by atoms with Crippen molar-refractivity contribution in [2.24, 2.45) is 5.41 Å². The van der Waals surface area contributed by atoms with Crippen molar-refractivity contribution in [3.8, 4) is 10.6 Å². The number of nitrogens with zero attached hydrogens (tertiary/aromatic N) is 3. The molecule has 1 spiro atoms. The molecule has 1 aromatic heterocycles. The van der Waals surface area contributed by atoms with Gasteiger partial charge in [-0.05, 0) is 25.5 Å². The number of morpholine rings is 1. The highest BCUT2D eigenvalue weighted by Gasteiger charge is 2.63. The highest BCUT2D eigenvalue weighted by atomic mass is 32.1. The lowest BCUT2D eigenvalue weighted by Crippen LogP contribution is -2.75. The molecule has 2 N–H and O–H groups in total. The Kier molecular flexibility index (Phi) is 4.94. The average molecular weight is 481 g/mol. The van der Waals surface area contributed by atoms with Crippen LogP contribution in [-0.4, -0.2) is 52.8 Å². The Morgan fingerprint density at radius 1 is 1.18 bits per heavy atom. The molecular weight excluding hydrogens is 463 g/mol. The number of halogens is 3. The summed E-state index contributed by atoms with van der Waals surface area (Å²) in [6.45, 7) is 2.55. The van der Waals surface area contributed by atoms with Gasteiger partial charge in [-0.2, -0.15) is 0 Å². The number of fused-ring (bicyclic) bond motifs is 4. The Labute approximate surface area is 189 Å². The molecule has 13 heteroatoms. The number of amides is 4. The molecule has 3 aliphatic rings. The van der Waals surface area contributed by atoms with Crippen molar-refractivity contribution in [2.75, 3.05) is 11.4 Å². The van der Waals surface area contributed by atoms with E-state index in [1.165, 1.54) is 11.0 Å². The number of alkyl halides is 1. The number of rotatable bonds is 2. The molecule has 0 aliphatic carbocycles. The number of nitrogens with one attached hydrogen (secondary N) is 2. The lowest BCUT2D eigenvalue weighted by atomic mass is 9.66. The Morgan fingerprint density at radius 2 is 1.88 bits per heavy atom. The second-order valence-electron chi connectivity index (χ2n) is 8.33. The van der Waals surface area contributed by atoms with Crippen LogP contribution in [0.4, 0.5) is 23.7 Å². The van der Waals surface area contributed by atoms with E-state index in [0.29, 0.717) is 0 Å². The molecule has 0 bridgehead atoms. The van der Waals surface area contributed by atoms with Gasteiger partial charge in [0.05, 0.1) is 29.5 Å². The second-order valence-corrected chi connectivity index (χ2v) is 9.39. The Bertz CT molecular complexity index is 1180. The number of benzene rings is 1. The number of hydrogen-bond acceptors (Lipinski definition) is 8. The van der Waals surface area contributed by atoms with Crippen LogP contribution in [0, 0.1) is 17.0 Å². The number of urea groups is 1. The molecule has 9 nitrogen and oxygen atoms in total. The number of barbiturate groups is 1. The smallest absolute Gasteiger partial charge is 0.328 e. The molecule has 3 aliphatic heterocycles. The van der Waals surface area contributed by atoms with Gasteiger partial charge in [0.25, 0.3) is 0 Å². The quantitative estimate of drug-likeness (QED) is 0.630. The lowest BCUT2D eigenvalue weighted by molar-refractivity contribution is -0.153. The first-order valence-corrected chi connectivity index (χ1v) is 11.0. The molecule has 3 atom stereocenters. The third kappa shape index (κ3) is 3.05. The number of imide groups is 2. The first kappa shape index (κ1) is 21.8. The van der Waals surface area contributed by atoms with E-state index >= 15 is 8.78 Å². The van der Waals surface area contributed by atoms with Gasteiger partial charge < -0.3 is 9.64 Å². The van der Waals surface area contributed by atoms with E-state index in [4.69, 9.17) is 4.74 Å². The number of hydrogen-bond donors (Lipinski definition) is 2. The van der Waals surface area contributed by atoms with Gasteiger partial charge in [0, 0.05) is 13.0 Å². The number of carbonyl (C=O) groups is 3. The highest BCUT2D eigenvalue weighted by molar-refractivity contribution is 7.14. The largest absolute Gasteiger partial charge is 0.372 e. The molecule has 33 heavy (non-hydrogen) atoms. The summed E-state index contributed by atoms with van der Waals surface area (Å²) in [6.07, 6.45) is -1.44. The summed E-state index contributed by atoms with van der Waals surface area (Å²) < 4.78 is 49.5. The zero-order chi connectivity index (χ0) is 23.7. The zero-order valence-corrected chi connectivity index (χ0v) is 18.3. The fourth-order valence-corrected chi connectivity index (χ4v) is 5.81. The van der Waals surface area contributed by atoms with Gasteiger partial charge >= 0.3 is 6.03 Å². The first-order valence-electron chi connectivity index (χ1n) is 10.2. The van der Waals surface area contributed by atoms with Gasteiger partial charge in [0.15, 0.2) is 22.1 Å². The van der Waals surface area contributed by atoms with E-state index in [-0.39, 0.29) is 39.8 Å². The summed E-state index contributed by atoms with van der Waals surface area (Å²) in [5.41, 5.74) is -1.98. The van der Waals surface area contributed by atoms with Gasteiger partial charge in [-0.3, -0.25) is 20.2 Å². The van der Waals surface area contributed by atoms with Crippen LogP contribution < -0.4 is 15.5 Å². The molecule has 1 unspecified atom stereocenters. The van der Waals surface area contributed by atoms with E-state index < -0.39 is 59.8 Å². The molecule has 1 aromatic carbocycles. The van der Waals surface area contributed by atoms with Crippen LogP contribution in [0.3, 0.4) is 0 Å². The van der Waals surface area contributed by atoms with Crippen molar-refractivity contribution < 1.29 is 32.3 Å². The van der Waals surface area contributed by atoms with Gasteiger partial charge in [-0.15, -0.1) is 10.2 Å². The number of anilines is 1. The topological polar surface area (TPSA) is 114 Å². The van der Waals surface area contributed by atoms with Crippen molar-refractivity contribution in [2.45, 2.75) is 45.2 Å². The Morgan fingerprint density at radius 3 is 2.52 bits per heavy atom. The lowest BCUT2D eigenvalue weighted by Gasteiger charge is -2.55. The number of aromatic nitrogens is 2. The van der Waals surface area contributed by atoms with Gasteiger partial charge in [0.1, 0.15) is 11.7 Å². The molecule has 4 amide bonds. The maximum absolute atomic E-state index is 15.5. The predicted molar refractivity (Wildman–Crippen MR) is 109 cm³/mol. The molecule has 0 saturated carbocycles. The molecule has 174 valence electrons. The van der Waals surface area contributed by atoms with Crippen LogP contribution in [0.15, 0.2) is 6.07 Å². The van der Waals surface area contributed by atoms with Crippen LogP contribution in [0.5, 0.6) is 0 Å². The third-order valence-corrected chi connectivity index (χ3v) is 7.20. The van der Waals surface area contributed by atoms with Crippen molar-refractivity contribution in [3.05, 3.63) is 28.3 Å². The highest BCUT2D eigenvalue weighted by Crippen LogP contribution is 2.49. The van der Waals surface area contributed by atoms with Gasteiger partial charge in [0.2, 0.25) is 11.8 Å². The third-order valence-electron chi connectivity index (χ3n) is 6.28. The summed E-state index contributed by atoms with van der Waals surface area (Å²) in [4.78, 5) is 39.5. The summed E-state index contributed by atoms with van der Waals surface area (Å²) in [7, 11) is 0. The maximum Gasteiger partial charge on any atom is 0.328 e. The van der Waals surface area contributed by atoms with Crippen molar-refractivity contribution in [3.63, 3.8) is 0 Å². The van der Waals surface area contributed by atoms with Crippen molar-refractivity contribution >= 4 is 34.9 Å². The Hall–Kier alpha value is -3.06. The zero-order valence-electron chi connectivity index (χ0n) is 17.4. The Balaban J connectivity index is 1.73. The monoisotopic (exact) mass is 481 g/mol. The first-order chi connectivity index (χ1) is 15.7. The van der Waals surface area contributed by atoms with Crippen molar-refractivity contribution in [1.29, 1.82) is 0 Å².